The van der Waals surface area contributed by atoms with Crippen molar-refractivity contribution in [2.24, 2.45) is 5.73 Å². The number of amides is 1. The Morgan fingerprint density at radius 3 is 2.68 bits per heavy atom. The standard InChI is InChI=1S/C14H17ClN2OS/c15-12-4-2-1-3-10(12)9-14(18)17(11-5-6-11)8-7-13(16)19/h1-4,11H,5-9H2,(H2,16,19). The summed E-state index contributed by atoms with van der Waals surface area (Å²) in [6.07, 6.45) is 3.07. The van der Waals surface area contributed by atoms with Crippen molar-refractivity contribution in [3.63, 3.8) is 0 Å². The van der Waals surface area contributed by atoms with Gasteiger partial charge < -0.3 is 10.6 Å². The second kappa shape index (κ2) is 6.35. The van der Waals surface area contributed by atoms with Crippen LogP contribution in [0.5, 0.6) is 0 Å². The van der Waals surface area contributed by atoms with Crippen molar-refractivity contribution in [3.05, 3.63) is 34.9 Å². The molecule has 2 N–H and O–H groups in total. The van der Waals surface area contributed by atoms with E-state index in [0.717, 1.165) is 18.4 Å². The van der Waals surface area contributed by atoms with Crippen molar-refractivity contribution in [3.8, 4) is 0 Å². The van der Waals surface area contributed by atoms with Gasteiger partial charge >= 0.3 is 0 Å². The predicted molar refractivity (Wildman–Crippen MR) is 81.3 cm³/mol. The summed E-state index contributed by atoms with van der Waals surface area (Å²) >= 11 is 11.0. The minimum absolute atomic E-state index is 0.104. The SMILES string of the molecule is NC(=S)CCN(C(=O)Cc1ccccc1Cl)C1CC1. The molecular formula is C14H17ClN2OS. The average molecular weight is 297 g/mol. The molecule has 0 bridgehead atoms. The van der Waals surface area contributed by atoms with Gasteiger partial charge in [-0.1, -0.05) is 42.0 Å². The van der Waals surface area contributed by atoms with E-state index >= 15 is 0 Å². The molecule has 1 saturated carbocycles. The Bertz CT molecular complexity index is 488. The first-order valence-electron chi connectivity index (χ1n) is 6.39. The van der Waals surface area contributed by atoms with Crippen LogP contribution < -0.4 is 5.73 Å². The van der Waals surface area contributed by atoms with E-state index in [-0.39, 0.29) is 5.91 Å². The van der Waals surface area contributed by atoms with Crippen LogP contribution in [0.3, 0.4) is 0 Å². The molecule has 1 aliphatic rings. The normalized spacial score (nSPS) is 14.2. The van der Waals surface area contributed by atoms with Gasteiger partial charge in [0.05, 0.1) is 11.4 Å². The summed E-state index contributed by atoms with van der Waals surface area (Å²) in [5.41, 5.74) is 6.38. The van der Waals surface area contributed by atoms with Crippen LogP contribution in [-0.2, 0) is 11.2 Å². The number of nitrogens with zero attached hydrogens (tertiary/aromatic N) is 1. The first kappa shape index (κ1) is 14.3. The van der Waals surface area contributed by atoms with E-state index < -0.39 is 0 Å². The largest absolute Gasteiger partial charge is 0.393 e. The van der Waals surface area contributed by atoms with Crippen molar-refractivity contribution in [2.75, 3.05) is 6.54 Å². The number of carbonyl (C=O) groups excluding carboxylic acids is 1. The fourth-order valence-corrected chi connectivity index (χ4v) is 2.33. The van der Waals surface area contributed by atoms with Gasteiger partial charge in [-0.25, -0.2) is 0 Å². The number of benzene rings is 1. The van der Waals surface area contributed by atoms with Gasteiger partial charge in [-0.05, 0) is 24.5 Å². The van der Waals surface area contributed by atoms with E-state index in [1.165, 1.54) is 0 Å². The summed E-state index contributed by atoms with van der Waals surface area (Å²) in [6, 6.07) is 7.82. The number of hydrogen-bond donors (Lipinski definition) is 1. The Kier molecular flexibility index (Phi) is 4.77. The monoisotopic (exact) mass is 296 g/mol. The summed E-state index contributed by atoms with van der Waals surface area (Å²) in [4.78, 5) is 14.7. The number of rotatable bonds is 6. The number of halogens is 1. The van der Waals surface area contributed by atoms with Gasteiger partial charge in [0.1, 0.15) is 0 Å². The molecule has 1 aromatic carbocycles. The molecule has 2 rings (SSSR count). The predicted octanol–water partition coefficient (Wildman–Crippen LogP) is 2.55. The van der Waals surface area contributed by atoms with Crippen LogP contribution in [-0.4, -0.2) is 28.4 Å². The third-order valence-electron chi connectivity index (χ3n) is 3.21. The van der Waals surface area contributed by atoms with Crippen LogP contribution in [0.4, 0.5) is 0 Å². The number of thiocarbonyl (C=S) groups is 1. The highest BCUT2D eigenvalue weighted by atomic mass is 35.5. The number of hydrogen-bond acceptors (Lipinski definition) is 2. The molecule has 0 spiro atoms. The van der Waals surface area contributed by atoms with Gasteiger partial charge in [0, 0.05) is 24.0 Å². The lowest BCUT2D eigenvalue weighted by Crippen LogP contribution is -2.36. The maximum Gasteiger partial charge on any atom is 0.227 e. The molecule has 0 saturated heterocycles. The summed E-state index contributed by atoms with van der Waals surface area (Å²) in [5.74, 6) is 0.104. The van der Waals surface area contributed by atoms with Gasteiger partial charge in [0.25, 0.3) is 0 Å². The Morgan fingerprint density at radius 1 is 1.42 bits per heavy atom. The summed E-state index contributed by atoms with van der Waals surface area (Å²) in [6.45, 7) is 0.614. The molecule has 5 heteroatoms. The Morgan fingerprint density at radius 2 is 2.11 bits per heavy atom. The molecule has 3 nitrogen and oxygen atoms in total. The first-order chi connectivity index (χ1) is 9.08. The average Bonchev–Trinajstić information content (AvgIpc) is 3.16. The molecule has 0 heterocycles. The van der Waals surface area contributed by atoms with Crippen LogP contribution in [0.2, 0.25) is 5.02 Å². The summed E-state index contributed by atoms with van der Waals surface area (Å²) in [5, 5.41) is 0.640. The smallest absolute Gasteiger partial charge is 0.227 e. The first-order valence-corrected chi connectivity index (χ1v) is 7.17. The molecule has 1 aliphatic carbocycles. The van der Waals surface area contributed by atoms with Gasteiger partial charge in [0.15, 0.2) is 0 Å². The molecule has 1 amide bonds. The zero-order chi connectivity index (χ0) is 13.8. The highest BCUT2D eigenvalue weighted by Crippen LogP contribution is 2.28. The lowest BCUT2D eigenvalue weighted by molar-refractivity contribution is -0.130. The van der Waals surface area contributed by atoms with Gasteiger partial charge in [0.2, 0.25) is 5.91 Å². The van der Waals surface area contributed by atoms with E-state index in [0.29, 0.717) is 35.4 Å². The zero-order valence-electron chi connectivity index (χ0n) is 10.6. The summed E-state index contributed by atoms with van der Waals surface area (Å²) < 4.78 is 0. The number of carbonyl (C=O) groups is 1. The molecule has 0 atom stereocenters. The molecule has 0 aromatic heterocycles. The molecule has 0 aliphatic heterocycles. The second-order valence-corrected chi connectivity index (χ2v) is 5.73. The third-order valence-corrected chi connectivity index (χ3v) is 3.78. The van der Waals surface area contributed by atoms with Crippen molar-refractivity contribution >= 4 is 34.7 Å². The topological polar surface area (TPSA) is 46.3 Å². The summed E-state index contributed by atoms with van der Waals surface area (Å²) in [7, 11) is 0. The van der Waals surface area contributed by atoms with E-state index in [9.17, 15) is 4.79 Å². The quantitative estimate of drug-likeness (QED) is 0.821. The Labute approximate surface area is 123 Å². The van der Waals surface area contributed by atoms with E-state index in [1.807, 2.05) is 23.1 Å². The van der Waals surface area contributed by atoms with Gasteiger partial charge in [-0.15, -0.1) is 0 Å². The molecule has 1 aromatic rings. The fraction of sp³-hybridized carbons (Fsp3) is 0.429. The zero-order valence-corrected chi connectivity index (χ0v) is 12.2. The minimum Gasteiger partial charge on any atom is -0.393 e. The molecule has 0 unspecified atom stereocenters. The maximum atomic E-state index is 12.3. The van der Waals surface area contributed by atoms with Crippen molar-refractivity contribution in [1.29, 1.82) is 0 Å². The van der Waals surface area contributed by atoms with E-state index in [4.69, 9.17) is 29.6 Å². The lowest BCUT2D eigenvalue weighted by Gasteiger charge is -2.22. The van der Waals surface area contributed by atoms with Crippen LogP contribution in [0.15, 0.2) is 24.3 Å². The van der Waals surface area contributed by atoms with Crippen molar-refractivity contribution in [1.82, 2.24) is 4.90 Å². The van der Waals surface area contributed by atoms with Crippen molar-refractivity contribution in [2.45, 2.75) is 31.7 Å². The lowest BCUT2D eigenvalue weighted by atomic mass is 10.1. The maximum absolute atomic E-state index is 12.3. The van der Waals surface area contributed by atoms with Crippen LogP contribution in [0.1, 0.15) is 24.8 Å². The van der Waals surface area contributed by atoms with E-state index in [2.05, 4.69) is 0 Å². The van der Waals surface area contributed by atoms with Crippen LogP contribution in [0, 0.1) is 0 Å². The minimum atomic E-state index is 0.104. The molecule has 0 radical (unpaired) electrons. The van der Waals surface area contributed by atoms with Crippen LogP contribution in [0.25, 0.3) is 0 Å². The van der Waals surface area contributed by atoms with Crippen molar-refractivity contribution < 1.29 is 4.79 Å². The molecule has 1 fully saturated rings. The third kappa shape index (κ3) is 4.18. The van der Waals surface area contributed by atoms with Crippen LogP contribution >= 0.6 is 23.8 Å². The second-order valence-electron chi connectivity index (χ2n) is 4.80. The Balaban J connectivity index is 1.99. The fourth-order valence-electron chi connectivity index (χ4n) is 2.03. The number of nitrogens with two attached hydrogens (primary N) is 1. The van der Waals surface area contributed by atoms with Gasteiger partial charge in [-0.3, -0.25) is 4.79 Å². The molecular weight excluding hydrogens is 280 g/mol. The highest BCUT2D eigenvalue weighted by Gasteiger charge is 2.32. The Hall–Kier alpha value is -1.13. The highest BCUT2D eigenvalue weighted by molar-refractivity contribution is 7.80. The van der Waals surface area contributed by atoms with Gasteiger partial charge in [-0.2, -0.15) is 0 Å². The molecule has 19 heavy (non-hydrogen) atoms. The molecule has 102 valence electrons. The van der Waals surface area contributed by atoms with E-state index in [1.54, 1.807) is 6.07 Å².